The fourth-order valence-corrected chi connectivity index (χ4v) is 1.61. The Balaban J connectivity index is 1.93. The van der Waals surface area contributed by atoms with E-state index in [9.17, 15) is 9.18 Å². The molecule has 2 N–H and O–H groups in total. The number of carbonyl (C=O) groups is 1. The van der Waals surface area contributed by atoms with Gasteiger partial charge in [-0.3, -0.25) is 4.98 Å². The van der Waals surface area contributed by atoms with Gasteiger partial charge in [-0.15, -0.1) is 0 Å². The van der Waals surface area contributed by atoms with Crippen molar-refractivity contribution in [1.29, 1.82) is 0 Å². The summed E-state index contributed by atoms with van der Waals surface area (Å²) in [5, 5.41) is 4.92. The van der Waals surface area contributed by atoms with Crippen molar-refractivity contribution >= 4 is 23.3 Å². The SMILES string of the molecule is O=C(NCc1ccccn1)Nc1cccc(Cl)c1F. The fourth-order valence-electron chi connectivity index (χ4n) is 1.44. The van der Waals surface area contributed by atoms with Crippen molar-refractivity contribution in [3.05, 3.63) is 59.1 Å². The number of halogens is 2. The topological polar surface area (TPSA) is 54.0 Å². The van der Waals surface area contributed by atoms with Crippen molar-refractivity contribution in [2.75, 3.05) is 5.32 Å². The maximum atomic E-state index is 13.5. The van der Waals surface area contributed by atoms with Gasteiger partial charge in [-0.1, -0.05) is 23.7 Å². The Kier molecular flexibility index (Phi) is 4.30. The molecule has 2 rings (SSSR count). The number of carbonyl (C=O) groups excluding carboxylic acids is 1. The molecule has 0 aliphatic rings. The van der Waals surface area contributed by atoms with E-state index in [4.69, 9.17) is 11.6 Å². The molecule has 19 heavy (non-hydrogen) atoms. The summed E-state index contributed by atoms with van der Waals surface area (Å²) in [5.41, 5.74) is 0.746. The summed E-state index contributed by atoms with van der Waals surface area (Å²) in [4.78, 5) is 15.6. The Labute approximate surface area is 114 Å². The van der Waals surface area contributed by atoms with E-state index in [0.29, 0.717) is 5.69 Å². The molecule has 0 spiro atoms. The van der Waals surface area contributed by atoms with Gasteiger partial charge in [0.2, 0.25) is 0 Å². The maximum absolute atomic E-state index is 13.5. The molecule has 0 aliphatic carbocycles. The van der Waals surface area contributed by atoms with Gasteiger partial charge in [0.15, 0.2) is 5.82 Å². The molecule has 1 aromatic heterocycles. The quantitative estimate of drug-likeness (QED) is 0.906. The molecular formula is C13H11ClFN3O. The fraction of sp³-hybridized carbons (Fsp3) is 0.0769. The average molecular weight is 280 g/mol. The number of benzene rings is 1. The summed E-state index contributed by atoms with van der Waals surface area (Å²) in [7, 11) is 0. The summed E-state index contributed by atoms with van der Waals surface area (Å²) < 4.78 is 13.5. The number of urea groups is 1. The molecule has 6 heteroatoms. The van der Waals surface area contributed by atoms with Gasteiger partial charge in [0.25, 0.3) is 0 Å². The highest BCUT2D eigenvalue weighted by Gasteiger charge is 2.09. The van der Waals surface area contributed by atoms with Crippen LogP contribution in [0.1, 0.15) is 5.69 Å². The first kappa shape index (κ1) is 13.3. The molecular weight excluding hydrogens is 269 g/mol. The van der Waals surface area contributed by atoms with Crippen molar-refractivity contribution < 1.29 is 9.18 Å². The number of hydrogen-bond acceptors (Lipinski definition) is 2. The first-order chi connectivity index (χ1) is 9.16. The third kappa shape index (κ3) is 3.66. The van der Waals surface area contributed by atoms with E-state index in [2.05, 4.69) is 15.6 Å². The third-order valence-electron chi connectivity index (χ3n) is 2.36. The zero-order valence-electron chi connectivity index (χ0n) is 9.86. The lowest BCUT2D eigenvalue weighted by molar-refractivity contribution is 0.251. The standard InChI is InChI=1S/C13H11ClFN3O/c14-10-5-3-6-11(12(10)15)18-13(19)17-8-9-4-1-2-7-16-9/h1-7H,8H2,(H2,17,18,19). The Morgan fingerprint density at radius 2 is 2.11 bits per heavy atom. The van der Waals surface area contributed by atoms with Gasteiger partial charge < -0.3 is 10.6 Å². The third-order valence-corrected chi connectivity index (χ3v) is 2.65. The summed E-state index contributed by atoms with van der Waals surface area (Å²) in [6.45, 7) is 0.259. The number of nitrogens with zero attached hydrogens (tertiary/aromatic N) is 1. The summed E-state index contributed by atoms with van der Waals surface area (Å²) in [5.74, 6) is -0.655. The number of aromatic nitrogens is 1. The molecule has 0 saturated carbocycles. The van der Waals surface area contributed by atoms with Crippen LogP contribution < -0.4 is 10.6 Å². The Morgan fingerprint density at radius 1 is 1.26 bits per heavy atom. The van der Waals surface area contributed by atoms with Crippen LogP contribution >= 0.6 is 11.6 Å². The van der Waals surface area contributed by atoms with E-state index in [1.807, 2.05) is 6.07 Å². The zero-order valence-corrected chi connectivity index (χ0v) is 10.6. The van der Waals surface area contributed by atoms with Crippen LogP contribution in [-0.2, 0) is 6.54 Å². The first-order valence-corrected chi connectivity index (χ1v) is 5.93. The van der Waals surface area contributed by atoms with Crippen LogP contribution in [0.25, 0.3) is 0 Å². The van der Waals surface area contributed by atoms with Gasteiger partial charge in [-0.25, -0.2) is 9.18 Å². The molecule has 0 saturated heterocycles. The van der Waals surface area contributed by atoms with Crippen LogP contribution in [0, 0.1) is 5.82 Å². The van der Waals surface area contributed by atoms with Gasteiger partial charge in [-0.05, 0) is 24.3 Å². The lowest BCUT2D eigenvalue weighted by Crippen LogP contribution is -2.28. The molecule has 2 aromatic rings. The van der Waals surface area contributed by atoms with E-state index in [0.717, 1.165) is 0 Å². The zero-order chi connectivity index (χ0) is 13.7. The minimum absolute atomic E-state index is 0.0334. The van der Waals surface area contributed by atoms with Crippen molar-refractivity contribution in [3.8, 4) is 0 Å². The number of rotatable bonds is 3. The monoisotopic (exact) mass is 279 g/mol. The smallest absolute Gasteiger partial charge is 0.319 e. The normalized spacial score (nSPS) is 10.0. The van der Waals surface area contributed by atoms with Crippen LogP contribution in [0.5, 0.6) is 0 Å². The molecule has 1 heterocycles. The predicted octanol–water partition coefficient (Wildman–Crippen LogP) is 3.20. The lowest BCUT2D eigenvalue weighted by atomic mass is 10.3. The number of pyridine rings is 1. The first-order valence-electron chi connectivity index (χ1n) is 5.55. The van der Waals surface area contributed by atoms with E-state index < -0.39 is 11.8 Å². The van der Waals surface area contributed by atoms with E-state index in [1.165, 1.54) is 12.1 Å². The molecule has 2 amide bonds. The molecule has 0 aliphatic heterocycles. The average Bonchev–Trinajstić information content (AvgIpc) is 2.43. The van der Waals surface area contributed by atoms with Crippen molar-refractivity contribution in [2.45, 2.75) is 6.54 Å². The van der Waals surface area contributed by atoms with Gasteiger partial charge in [-0.2, -0.15) is 0 Å². The van der Waals surface area contributed by atoms with Crippen molar-refractivity contribution in [2.24, 2.45) is 0 Å². The van der Waals surface area contributed by atoms with E-state index in [1.54, 1.807) is 24.4 Å². The highest BCUT2D eigenvalue weighted by molar-refractivity contribution is 6.31. The summed E-state index contributed by atoms with van der Waals surface area (Å²) in [6.07, 6.45) is 1.63. The Bertz CT molecular complexity index is 577. The highest BCUT2D eigenvalue weighted by Crippen LogP contribution is 2.21. The van der Waals surface area contributed by atoms with Crippen molar-refractivity contribution in [1.82, 2.24) is 10.3 Å². The van der Waals surface area contributed by atoms with Gasteiger partial charge in [0.05, 0.1) is 22.9 Å². The van der Waals surface area contributed by atoms with E-state index >= 15 is 0 Å². The molecule has 1 aromatic carbocycles. The molecule has 0 bridgehead atoms. The largest absolute Gasteiger partial charge is 0.332 e. The minimum atomic E-state index is -0.655. The second kappa shape index (κ2) is 6.15. The second-order valence-corrected chi connectivity index (χ2v) is 4.14. The van der Waals surface area contributed by atoms with Crippen LogP contribution in [0.2, 0.25) is 5.02 Å². The van der Waals surface area contributed by atoms with Crippen LogP contribution in [0.3, 0.4) is 0 Å². The van der Waals surface area contributed by atoms with Crippen LogP contribution in [0.15, 0.2) is 42.6 Å². The molecule has 4 nitrogen and oxygen atoms in total. The van der Waals surface area contributed by atoms with Crippen LogP contribution in [-0.4, -0.2) is 11.0 Å². The van der Waals surface area contributed by atoms with Crippen LogP contribution in [0.4, 0.5) is 14.9 Å². The summed E-state index contributed by atoms with van der Waals surface area (Å²) >= 11 is 5.61. The lowest BCUT2D eigenvalue weighted by Gasteiger charge is -2.08. The number of anilines is 1. The number of nitrogens with one attached hydrogen (secondary N) is 2. The molecule has 98 valence electrons. The van der Waals surface area contributed by atoms with Gasteiger partial charge >= 0.3 is 6.03 Å². The number of amides is 2. The maximum Gasteiger partial charge on any atom is 0.319 e. The Hall–Kier alpha value is -2.14. The molecule has 0 fully saturated rings. The van der Waals surface area contributed by atoms with E-state index in [-0.39, 0.29) is 17.3 Å². The number of hydrogen-bond donors (Lipinski definition) is 2. The minimum Gasteiger partial charge on any atom is -0.332 e. The van der Waals surface area contributed by atoms with Crippen molar-refractivity contribution in [3.63, 3.8) is 0 Å². The van der Waals surface area contributed by atoms with Gasteiger partial charge in [0.1, 0.15) is 0 Å². The predicted molar refractivity (Wildman–Crippen MR) is 71.5 cm³/mol. The van der Waals surface area contributed by atoms with Gasteiger partial charge in [0, 0.05) is 6.20 Å². The molecule has 0 unspecified atom stereocenters. The Morgan fingerprint density at radius 3 is 2.84 bits per heavy atom. The molecule has 0 radical (unpaired) electrons. The second-order valence-electron chi connectivity index (χ2n) is 3.73. The summed E-state index contributed by atoms with van der Waals surface area (Å²) in [6, 6.07) is 9.26. The highest BCUT2D eigenvalue weighted by atomic mass is 35.5. The molecule has 0 atom stereocenters.